The predicted octanol–water partition coefficient (Wildman–Crippen LogP) is 4.44. The molecule has 3 heteroatoms. The number of ether oxygens (including phenoxy) is 1. The molecule has 1 fully saturated rings. The highest BCUT2D eigenvalue weighted by Gasteiger charge is 2.13. The van der Waals surface area contributed by atoms with Crippen molar-refractivity contribution in [1.29, 1.82) is 0 Å². The quantitative estimate of drug-likeness (QED) is 0.545. The van der Waals surface area contributed by atoms with Gasteiger partial charge in [0.15, 0.2) is 0 Å². The number of nitrogens with one attached hydrogen (secondary N) is 1. The molecule has 20 heavy (non-hydrogen) atoms. The van der Waals surface area contributed by atoms with Crippen molar-refractivity contribution in [3.8, 4) is 5.75 Å². The molecule has 0 heterocycles. The van der Waals surface area contributed by atoms with Crippen LogP contribution in [0.4, 0.5) is 11.4 Å². The number of hydrogen-bond acceptors (Lipinski definition) is 3. The maximum Gasteiger partial charge on any atom is 0.123 e. The Bertz CT molecular complexity index is 400. The second-order valence-electron chi connectivity index (χ2n) is 5.86. The second-order valence-corrected chi connectivity index (χ2v) is 5.86. The smallest absolute Gasteiger partial charge is 0.123 e. The fourth-order valence-corrected chi connectivity index (χ4v) is 2.95. The third-order valence-corrected chi connectivity index (χ3v) is 3.99. The zero-order valence-corrected chi connectivity index (χ0v) is 12.7. The first kappa shape index (κ1) is 15.0. The molecular weight excluding hydrogens is 248 g/mol. The number of benzene rings is 1. The van der Waals surface area contributed by atoms with Crippen LogP contribution in [-0.4, -0.2) is 13.2 Å². The van der Waals surface area contributed by atoms with Gasteiger partial charge in [0.05, 0.1) is 6.61 Å². The summed E-state index contributed by atoms with van der Waals surface area (Å²) in [5, 5.41) is 3.47. The zero-order chi connectivity index (χ0) is 14.2. The van der Waals surface area contributed by atoms with Crippen molar-refractivity contribution in [2.24, 2.45) is 5.92 Å². The number of anilines is 2. The topological polar surface area (TPSA) is 47.3 Å². The van der Waals surface area contributed by atoms with Crippen LogP contribution in [-0.2, 0) is 0 Å². The Morgan fingerprint density at radius 1 is 1.25 bits per heavy atom. The minimum Gasteiger partial charge on any atom is -0.493 e. The Morgan fingerprint density at radius 2 is 2.05 bits per heavy atom. The van der Waals surface area contributed by atoms with E-state index in [2.05, 4.69) is 12.2 Å². The van der Waals surface area contributed by atoms with E-state index in [1.54, 1.807) is 0 Å². The molecule has 0 unspecified atom stereocenters. The molecule has 1 aromatic carbocycles. The monoisotopic (exact) mass is 276 g/mol. The number of rotatable bonds is 8. The van der Waals surface area contributed by atoms with Crippen molar-refractivity contribution in [2.75, 3.05) is 24.2 Å². The Balaban J connectivity index is 1.74. The molecule has 1 aliphatic carbocycles. The molecule has 3 nitrogen and oxygen atoms in total. The summed E-state index contributed by atoms with van der Waals surface area (Å²) in [6.45, 7) is 3.87. The molecule has 0 atom stereocenters. The summed E-state index contributed by atoms with van der Waals surface area (Å²) in [7, 11) is 0. The lowest BCUT2D eigenvalue weighted by molar-refractivity contribution is 0.318. The first-order valence-corrected chi connectivity index (χ1v) is 8.05. The SMILES string of the molecule is CCCOc1cc(N)cc(NCCCC2CCCC2)c1. The van der Waals surface area contributed by atoms with Crippen molar-refractivity contribution >= 4 is 11.4 Å². The molecule has 0 radical (unpaired) electrons. The average Bonchev–Trinajstić information content (AvgIpc) is 2.94. The molecular formula is C17H28N2O. The Hall–Kier alpha value is -1.38. The van der Waals surface area contributed by atoms with Gasteiger partial charge in [-0.2, -0.15) is 0 Å². The normalized spacial score (nSPS) is 15.4. The molecule has 0 saturated heterocycles. The molecule has 3 N–H and O–H groups in total. The maximum absolute atomic E-state index is 5.91. The van der Waals surface area contributed by atoms with E-state index in [9.17, 15) is 0 Å². The van der Waals surface area contributed by atoms with Crippen LogP contribution in [0.3, 0.4) is 0 Å². The van der Waals surface area contributed by atoms with Gasteiger partial charge in [0.1, 0.15) is 5.75 Å². The van der Waals surface area contributed by atoms with E-state index in [1.807, 2.05) is 18.2 Å². The predicted molar refractivity (Wildman–Crippen MR) is 86.3 cm³/mol. The summed E-state index contributed by atoms with van der Waals surface area (Å²) in [4.78, 5) is 0. The van der Waals surface area contributed by atoms with Crippen LogP contribution in [0.5, 0.6) is 5.75 Å². The van der Waals surface area contributed by atoms with E-state index < -0.39 is 0 Å². The van der Waals surface area contributed by atoms with E-state index in [1.165, 1.54) is 38.5 Å². The van der Waals surface area contributed by atoms with Gasteiger partial charge >= 0.3 is 0 Å². The largest absolute Gasteiger partial charge is 0.493 e. The van der Waals surface area contributed by atoms with Gasteiger partial charge in [-0.25, -0.2) is 0 Å². The Kier molecular flexibility index (Phi) is 6.03. The average molecular weight is 276 g/mol. The molecule has 2 rings (SSSR count). The Labute approximate surface area is 122 Å². The van der Waals surface area contributed by atoms with Crippen molar-refractivity contribution < 1.29 is 4.74 Å². The summed E-state index contributed by atoms with van der Waals surface area (Å²) in [6, 6.07) is 5.91. The minimum absolute atomic E-state index is 0.741. The van der Waals surface area contributed by atoms with Gasteiger partial charge in [-0.15, -0.1) is 0 Å². The summed E-state index contributed by atoms with van der Waals surface area (Å²) in [5.41, 5.74) is 7.75. The van der Waals surface area contributed by atoms with Gasteiger partial charge in [-0.3, -0.25) is 0 Å². The molecule has 1 aliphatic rings. The van der Waals surface area contributed by atoms with Crippen LogP contribution in [0.1, 0.15) is 51.9 Å². The number of nitrogen functional groups attached to an aromatic ring is 1. The minimum atomic E-state index is 0.741. The lowest BCUT2D eigenvalue weighted by Gasteiger charge is -2.12. The molecule has 0 aliphatic heterocycles. The zero-order valence-electron chi connectivity index (χ0n) is 12.7. The van der Waals surface area contributed by atoms with E-state index in [4.69, 9.17) is 10.5 Å². The van der Waals surface area contributed by atoms with Crippen LogP contribution in [0.25, 0.3) is 0 Å². The molecule has 0 bridgehead atoms. The summed E-state index contributed by atoms with van der Waals surface area (Å²) in [5.74, 6) is 1.84. The highest BCUT2D eigenvalue weighted by atomic mass is 16.5. The molecule has 0 spiro atoms. The van der Waals surface area contributed by atoms with Gasteiger partial charge in [0.2, 0.25) is 0 Å². The van der Waals surface area contributed by atoms with Crippen LogP contribution < -0.4 is 15.8 Å². The van der Waals surface area contributed by atoms with Crippen molar-refractivity contribution in [3.63, 3.8) is 0 Å². The fourth-order valence-electron chi connectivity index (χ4n) is 2.95. The second kappa shape index (κ2) is 8.03. The van der Waals surface area contributed by atoms with E-state index in [0.29, 0.717) is 0 Å². The van der Waals surface area contributed by atoms with Crippen molar-refractivity contribution in [1.82, 2.24) is 0 Å². The number of hydrogen-bond donors (Lipinski definition) is 2. The highest BCUT2D eigenvalue weighted by Crippen LogP contribution is 2.28. The van der Waals surface area contributed by atoms with E-state index in [0.717, 1.165) is 42.6 Å². The molecule has 1 aromatic rings. The van der Waals surface area contributed by atoms with Gasteiger partial charge < -0.3 is 15.8 Å². The molecule has 0 aromatic heterocycles. The third kappa shape index (κ3) is 4.95. The van der Waals surface area contributed by atoms with Crippen molar-refractivity contribution in [2.45, 2.75) is 51.9 Å². The fraction of sp³-hybridized carbons (Fsp3) is 0.647. The lowest BCUT2D eigenvalue weighted by Crippen LogP contribution is -2.05. The van der Waals surface area contributed by atoms with Crippen molar-refractivity contribution in [3.05, 3.63) is 18.2 Å². The highest BCUT2D eigenvalue weighted by molar-refractivity contribution is 5.59. The van der Waals surface area contributed by atoms with Crippen LogP contribution in [0.2, 0.25) is 0 Å². The summed E-state index contributed by atoms with van der Waals surface area (Å²) >= 11 is 0. The first-order valence-electron chi connectivity index (χ1n) is 8.05. The maximum atomic E-state index is 5.91. The van der Waals surface area contributed by atoms with E-state index >= 15 is 0 Å². The first-order chi connectivity index (χ1) is 9.78. The standard InChI is InChI=1S/C17H28N2O/c1-2-10-20-17-12-15(18)11-16(13-17)19-9-5-8-14-6-3-4-7-14/h11-14,19H,2-10,18H2,1H3. The van der Waals surface area contributed by atoms with Crippen LogP contribution >= 0.6 is 0 Å². The van der Waals surface area contributed by atoms with Gasteiger partial charge in [0, 0.05) is 30.1 Å². The Morgan fingerprint density at radius 3 is 2.80 bits per heavy atom. The van der Waals surface area contributed by atoms with E-state index in [-0.39, 0.29) is 0 Å². The molecule has 112 valence electrons. The van der Waals surface area contributed by atoms with Gasteiger partial charge in [0.25, 0.3) is 0 Å². The summed E-state index contributed by atoms with van der Waals surface area (Å²) in [6.07, 6.45) is 9.36. The molecule has 0 amide bonds. The number of nitrogens with two attached hydrogens (primary N) is 1. The van der Waals surface area contributed by atoms with Gasteiger partial charge in [-0.1, -0.05) is 32.6 Å². The summed E-state index contributed by atoms with van der Waals surface area (Å²) < 4.78 is 5.64. The van der Waals surface area contributed by atoms with Crippen LogP contribution in [0, 0.1) is 5.92 Å². The van der Waals surface area contributed by atoms with Gasteiger partial charge in [-0.05, 0) is 31.2 Å². The lowest BCUT2D eigenvalue weighted by atomic mass is 10.0. The third-order valence-electron chi connectivity index (χ3n) is 3.99. The van der Waals surface area contributed by atoms with Crippen LogP contribution in [0.15, 0.2) is 18.2 Å². The molecule has 1 saturated carbocycles.